The molecule has 1 aliphatic carbocycles. The van der Waals surface area contributed by atoms with Gasteiger partial charge < -0.3 is 9.79 Å². The van der Waals surface area contributed by atoms with E-state index in [0.717, 1.165) is 6.16 Å². The summed E-state index contributed by atoms with van der Waals surface area (Å²) in [4.78, 5) is 27.1. The van der Waals surface area contributed by atoms with Crippen molar-refractivity contribution in [3.63, 3.8) is 0 Å². The van der Waals surface area contributed by atoms with Gasteiger partial charge in [0.15, 0.2) is 5.90 Å². The SMILES string of the molecule is C[P+](O)(CC1CC1)CP(O)O. The van der Waals surface area contributed by atoms with Crippen LogP contribution in [0.3, 0.4) is 0 Å². The zero-order chi connectivity index (χ0) is 8.48. The average Bonchev–Trinajstić information content (AvgIpc) is 2.43. The zero-order valence-electron chi connectivity index (χ0n) is 6.64. The van der Waals surface area contributed by atoms with Gasteiger partial charge >= 0.3 is 0 Å². The number of hydrogen-bond donors (Lipinski definition) is 3. The Labute approximate surface area is 68.8 Å². The summed E-state index contributed by atoms with van der Waals surface area (Å²) in [5.41, 5.74) is 0. The van der Waals surface area contributed by atoms with Gasteiger partial charge in [0.05, 0.1) is 12.8 Å². The zero-order valence-corrected chi connectivity index (χ0v) is 8.43. The van der Waals surface area contributed by atoms with Crippen LogP contribution in [0, 0.1) is 5.92 Å². The summed E-state index contributed by atoms with van der Waals surface area (Å²) >= 11 is 0. The van der Waals surface area contributed by atoms with Crippen LogP contribution in [0.25, 0.3) is 0 Å². The van der Waals surface area contributed by atoms with Crippen molar-refractivity contribution in [2.24, 2.45) is 5.92 Å². The fraction of sp³-hybridized carbons (Fsp3) is 1.00. The molecule has 1 rings (SSSR count). The Hall–Kier alpha value is 0.740. The highest BCUT2D eigenvalue weighted by atomic mass is 31.2. The van der Waals surface area contributed by atoms with E-state index in [2.05, 4.69) is 0 Å². The Morgan fingerprint density at radius 1 is 1.45 bits per heavy atom. The van der Waals surface area contributed by atoms with Gasteiger partial charge in [-0.25, -0.2) is 0 Å². The monoisotopic (exact) mass is 197 g/mol. The summed E-state index contributed by atoms with van der Waals surface area (Å²) < 4.78 is 0. The van der Waals surface area contributed by atoms with Crippen LogP contribution in [0.2, 0.25) is 0 Å². The van der Waals surface area contributed by atoms with E-state index in [1.165, 1.54) is 12.8 Å². The molecular formula is C6H15O3P2+. The molecule has 0 aromatic carbocycles. The van der Waals surface area contributed by atoms with E-state index >= 15 is 0 Å². The first-order chi connectivity index (χ1) is 4.99. The number of rotatable bonds is 4. The fourth-order valence-electron chi connectivity index (χ4n) is 1.19. The van der Waals surface area contributed by atoms with Gasteiger partial charge in [-0.2, -0.15) is 0 Å². The summed E-state index contributed by atoms with van der Waals surface area (Å²) in [6.45, 7) is 1.78. The molecule has 1 saturated carbocycles. The molecule has 1 unspecified atom stereocenters. The number of hydrogen-bond acceptors (Lipinski definition) is 3. The van der Waals surface area contributed by atoms with E-state index in [-0.39, 0.29) is 5.90 Å². The van der Waals surface area contributed by atoms with E-state index in [9.17, 15) is 4.89 Å². The molecule has 0 amide bonds. The molecule has 0 aromatic heterocycles. The highest BCUT2D eigenvalue weighted by molar-refractivity contribution is 7.78. The molecule has 3 N–H and O–H groups in total. The topological polar surface area (TPSA) is 60.7 Å². The lowest BCUT2D eigenvalue weighted by molar-refractivity contribution is 0.486. The maximum absolute atomic E-state index is 9.70. The summed E-state index contributed by atoms with van der Waals surface area (Å²) in [7, 11) is -3.86. The lowest BCUT2D eigenvalue weighted by atomic mass is 10.5. The van der Waals surface area contributed by atoms with Gasteiger partial charge in [0.1, 0.15) is 7.49 Å². The molecule has 0 radical (unpaired) electrons. The predicted octanol–water partition coefficient (Wildman–Crippen LogP) is 1.21. The van der Waals surface area contributed by atoms with Crippen LogP contribution in [0.5, 0.6) is 0 Å². The van der Waals surface area contributed by atoms with Gasteiger partial charge in [-0.05, 0) is 18.8 Å². The van der Waals surface area contributed by atoms with Crippen LogP contribution < -0.4 is 0 Å². The van der Waals surface area contributed by atoms with Gasteiger partial charge in [0.25, 0.3) is 0 Å². The Bertz CT molecular complexity index is 128. The van der Waals surface area contributed by atoms with Crippen molar-refractivity contribution in [1.29, 1.82) is 0 Å². The first kappa shape index (κ1) is 9.83. The molecule has 0 saturated heterocycles. The van der Waals surface area contributed by atoms with E-state index in [4.69, 9.17) is 9.79 Å². The second-order valence-electron chi connectivity index (χ2n) is 3.48. The summed E-state index contributed by atoms with van der Waals surface area (Å²) in [6, 6.07) is 0. The van der Waals surface area contributed by atoms with Crippen molar-refractivity contribution in [2.45, 2.75) is 12.8 Å². The molecule has 1 atom stereocenters. The van der Waals surface area contributed by atoms with Crippen LogP contribution in [-0.2, 0) is 0 Å². The molecule has 11 heavy (non-hydrogen) atoms. The summed E-state index contributed by atoms with van der Waals surface area (Å²) in [5.74, 6) is 0.909. The standard InChI is InChI=1S/C6H15O3P2/c1-11(9,5-10(7)8)4-6-2-3-6/h6-9H,2-5H2,1H3/q+1. The molecule has 66 valence electrons. The van der Waals surface area contributed by atoms with Gasteiger partial charge in [0, 0.05) is 0 Å². The first-order valence-electron chi connectivity index (χ1n) is 3.72. The predicted molar refractivity (Wildman–Crippen MR) is 48.9 cm³/mol. The molecular weight excluding hydrogens is 182 g/mol. The minimum atomic E-state index is -1.96. The molecule has 5 heteroatoms. The Balaban J connectivity index is 2.24. The highest BCUT2D eigenvalue weighted by Gasteiger charge is 2.39. The van der Waals surface area contributed by atoms with Crippen LogP contribution in [0.15, 0.2) is 0 Å². The Morgan fingerprint density at radius 2 is 2.00 bits per heavy atom. The maximum Gasteiger partial charge on any atom is 0.208 e. The van der Waals surface area contributed by atoms with Crippen molar-refractivity contribution < 1.29 is 14.7 Å². The van der Waals surface area contributed by atoms with Gasteiger partial charge in [-0.1, -0.05) is 0 Å². The van der Waals surface area contributed by atoms with Crippen LogP contribution >= 0.6 is 15.9 Å². The van der Waals surface area contributed by atoms with Crippen LogP contribution in [0.4, 0.5) is 0 Å². The minimum Gasteiger partial charge on any atom is -0.347 e. The van der Waals surface area contributed by atoms with Crippen molar-refractivity contribution in [1.82, 2.24) is 0 Å². The second kappa shape index (κ2) is 3.64. The third-order valence-electron chi connectivity index (χ3n) is 1.78. The van der Waals surface area contributed by atoms with Crippen molar-refractivity contribution >= 4 is 15.9 Å². The first-order valence-corrected chi connectivity index (χ1v) is 7.71. The molecule has 3 nitrogen and oxygen atoms in total. The molecule has 0 spiro atoms. The van der Waals surface area contributed by atoms with Crippen LogP contribution in [0.1, 0.15) is 12.8 Å². The van der Waals surface area contributed by atoms with Gasteiger partial charge in [-0.3, -0.25) is 4.89 Å². The molecule has 1 fully saturated rings. The Kier molecular flexibility index (Phi) is 3.25. The summed E-state index contributed by atoms with van der Waals surface area (Å²) in [6.07, 6.45) is 3.25. The molecule has 1 aliphatic rings. The lowest BCUT2D eigenvalue weighted by Gasteiger charge is -2.14. The van der Waals surface area contributed by atoms with E-state index in [1.807, 2.05) is 0 Å². The molecule has 0 aromatic rings. The van der Waals surface area contributed by atoms with E-state index in [0.29, 0.717) is 5.92 Å². The normalized spacial score (nSPS) is 23.7. The Morgan fingerprint density at radius 3 is 2.36 bits per heavy atom. The lowest BCUT2D eigenvalue weighted by Crippen LogP contribution is -2.01. The minimum absolute atomic E-state index is 0.235. The molecule has 0 bridgehead atoms. The molecule has 0 heterocycles. The maximum atomic E-state index is 9.70. The summed E-state index contributed by atoms with van der Waals surface area (Å²) in [5, 5.41) is 0. The fourth-order valence-corrected chi connectivity index (χ4v) is 5.31. The average molecular weight is 197 g/mol. The van der Waals surface area contributed by atoms with Gasteiger partial charge in [-0.15, -0.1) is 0 Å². The van der Waals surface area contributed by atoms with E-state index in [1.54, 1.807) is 6.66 Å². The highest BCUT2D eigenvalue weighted by Crippen LogP contribution is 2.61. The van der Waals surface area contributed by atoms with Crippen molar-refractivity contribution in [2.75, 3.05) is 18.7 Å². The van der Waals surface area contributed by atoms with Crippen LogP contribution in [-0.4, -0.2) is 33.4 Å². The third-order valence-corrected chi connectivity index (χ3v) is 6.53. The van der Waals surface area contributed by atoms with Crippen molar-refractivity contribution in [3.8, 4) is 0 Å². The molecule has 0 aliphatic heterocycles. The third kappa shape index (κ3) is 4.35. The van der Waals surface area contributed by atoms with Gasteiger partial charge in [0.2, 0.25) is 8.38 Å². The van der Waals surface area contributed by atoms with E-state index < -0.39 is 15.9 Å². The largest absolute Gasteiger partial charge is 0.347 e. The quantitative estimate of drug-likeness (QED) is 0.593. The second-order valence-corrected chi connectivity index (χ2v) is 8.40. The smallest absolute Gasteiger partial charge is 0.208 e. The van der Waals surface area contributed by atoms with Crippen molar-refractivity contribution in [3.05, 3.63) is 0 Å².